The number of imidazole rings is 2. The molecule has 0 radical (unpaired) electrons. The molecule has 3 N–H and O–H groups in total. The van der Waals surface area contributed by atoms with Gasteiger partial charge in [-0.05, 0) is 24.6 Å². The summed E-state index contributed by atoms with van der Waals surface area (Å²) in [6.07, 6.45) is 6.41. The number of hydrogen-bond acceptors (Lipinski definition) is 4. The molecule has 0 aliphatic carbocycles. The SMILES string of the molecule is O=C(O)c1ccc2nc(NCCCn3ccnc3)[nH]c2c1. The van der Waals surface area contributed by atoms with E-state index in [0.29, 0.717) is 11.5 Å². The van der Waals surface area contributed by atoms with E-state index in [-0.39, 0.29) is 5.56 Å². The molecule has 0 fully saturated rings. The summed E-state index contributed by atoms with van der Waals surface area (Å²) in [6, 6.07) is 4.83. The molecule has 3 aromatic rings. The van der Waals surface area contributed by atoms with Gasteiger partial charge in [0.25, 0.3) is 0 Å². The highest BCUT2D eigenvalue weighted by Gasteiger charge is 2.07. The summed E-state index contributed by atoms with van der Waals surface area (Å²) in [5, 5.41) is 12.2. The van der Waals surface area contributed by atoms with Gasteiger partial charge < -0.3 is 20.0 Å². The van der Waals surface area contributed by atoms with E-state index in [0.717, 1.165) is 25.0 Å². The number of fused-ring (bicyclic) bond motifs is 1. The van der Waals surface area contributed by atoms with Gasteiger partial charge in [-0.3, -0.25) is 0 Å². The first kappa shape index (κ1) is 13.2. The number of carbonyl (C=O) groups is 1. The number of aromatic amines is 1. The van der Waals surface area contributed by atoms with Crippen molar-refractivity contribution in [1.29, 1.82) is 0 Å². The molecule has 2 heterocycles. The number of aromatic nitrogens is 4. The standard InChI is InChI=1S/C14H15N5O2/c20-13(21)10-2-3-11-12(8-10)18-14(17-11)16-4-1-6-19-7-5-15-9-19/h2-3,5,7-9H,1,4,6H2,(H,20,21)(H2,16,17,18). The van der Waals surface area contributed by atoms with Crippen molar-refractivity contribution < 1.29 is 9.90 Å². The largest absolute Gasteiger partial charge is 0.478 e. The molecule has 1 aromatic carbocycles. The van der Waals surface area contributed by atoms with Gasteiger partial charge in [0.2, 0.25) is 5.95 Å². The second kappa shape index (κ2) is 5.66. The summed E-state index contributed by atoms with van der Waals surface area (Å²) < 4.78 is 2.01. The Morgan fingerprint density at radius 1 is 1.43 bits per heavy atom. The van der Waals surface area contributed by atoms with Crippen LogP contribution < -0.4 is 5.32 Å². The van der Waals surface area contributed by atoms with Crippen molar-refractivity contribution in [3.63, 3.8) is 0 Å². The number of rotatable bonds is 6. The van der Waals surface area contributed by atoms with Crippen LogP contribution in [0.1, 0.15) is 16.8 Å². The van der Waals surface area contributed by atoms with Crippen molar-refractivity contribution in [3.8, 4) is 0 Å². The first-order valence-corrected chi connectivity index (χ1v) is 6.65. The van der Waals surface area contributed by atoms with Crippen LogP contribution in [0.2, 0.25) is 0 Å². The minimum absolute atomic E-state index is 0.248. The van der Waals surface area contributed by atoms with E-state index < -0.39 is 5.97 Å². The monoisotopic (exact) mass is 285 g/mol. The van der Waals surface area contributed by atoms with Crippen LogP contribution in [0, 0.1) is 0 Å². The van der Waals surface area contributed by atoms with E-state index in [9.17, 15) is 4.79 Å². The first-order valence-electron chi connectivity index (χ1n) is 6.65. The number of nitrogens with zero attached hydrogens (tertiary/aromatic N) is 3. The van der Waals surface area contributed by atoms with Gasteiger partial charge in [0.15, 0.2) is 0 Å². The molecule has 0 aliphatic rings. The van der Waals surface area contributed by atoms with Gasteiger partial charge in [-0.25, -0.2) is 14.8 Å². The number of hydrogen-bond donors (Lipinski definition) is 3. The molecule has 0 amide bonds. The molecule has 0 bridgehead atoms. The minimum Gasteiger partial charge on any atom is -0.478 e. The quantitative estimate of drug-likeness (QED) is 0.602. The molecule has 3 rings (SSSR count). The Kier molecular flexibility index (Phi) is 3.55. The summed E-state index contributed by atoms with van der Waals surface area (Å²) in [7, 11) is 0. The average Bonchev–Trinajstić information content (AvgIpc) is 3.11. The van der Waals surface area contributed by atoms with E-state index in [1.807, 2.05) is 10.8 Å². The highest BCUT2D eigenvalue weighted by atomic mass is 16.4. The molecule has 0 saturated heterocycles. The number of anilines is 1. The van der Waals surface area contributed by atoms with Gasteiger partial charge in [-0.1, -0.05) is 0 Å². The third-order valence-corrected chi connectivity index (χ3v) is 3.17. The molecule has 2 aromatic heterocycles. The van der Waals surface area contributed by atoms with E-state index in [1.165, 1.54) is 0 Å². The molecular formula is C14H15N5O2. The summed E-state index contributed by atoms with van der Waals surface area (Å²) in [4.78, 5) is 22.4. The summed E-state index contributed by atoms with van der Waals surface area (Å²) in [5.74, 6) is -0.292. The van der Waals surface area contributed by atoms with Crippen LogP contribution in [-0.4, -0.2) is 37.1 Å². The number of nitrogens with one attached hydrogen (secondary N) is 2. The van der Waals surface area contributed by atoms with Gasteiger partial charge in [-0.2, -0.15) is 0 Å². The molecular weight excluding hydrogens is 270 g/mol. The number of carboxylic acids is 1. The maximum atomic E-state index is 10.9. The van der Waals surface area contributed by atoms with Crippen molar-refractivity contribution in [2.45, 2.75) is 13.0 Å². The average molecular weight is 285 g/mol. The lowest BCUT2D eigenvalue weighted by Crippen LogP contribution is -2.06. The zero-order valence-electron chi connectivity index (χ0n) is 11.3. The summed E-state index contributed by atoms with van der Waals surface area (Å²) in [6.45, 7) is 1.65. The first-order chi connectivity index (χ1) is 10.2. The molecule has 7 nitrogen and oxygen atoms in total. The lowest BCUT2D eigenvalue weighted by Gasteiger charge is -2.03. The van der Waals surface area contributed by atoms with Crippen molar-refractivity contribution in [2.75, 3.05) is 11.9 Å². The van der Waals surface area contributed by atoms with Crippen LogP contribution in [-0.2, 0) is 6.54 Å². The Morgan fingerprint density at radius 3 is 3.10 bits per heavy atom. The molecule has 7 heteroatoms. The maximum Gasteiger partial charge on any atom is 0.335 e. The number of carboxylic acid groups (broad SMARTS) is 1. The van der Waals surface area contributed by atoms with Crippen LogP contribution in [0.3, 0.4) is 0 Å². The van der Waals surface area contributed by atoms with Gasteiger partial charge in [0.1, 0.15) is 0 Å². The lowest BCUT2D eigenvalue weighted by atomic mass is 10.2. The Morgan fingerprint density at radius 2 is 2.33 bits per heavy atom. The lowest BCUT2D eigenvalue weighted by molar-refractivity contribution is 0.0697. The highest BCUT2D eigenvalue weighted by molar-refractivity contribution is 5.92. The Balaban J connectivity index is 1.60. The second-order valence-corrected chi connectivity index (χ2v) is 4.70. The fourth-order valence-electron chi connectivity index (χ4n) is 2.11. The molecule has 0 unspecified atom stereocenters. The second-order valence-electron chi connectivity index (χ2n) is 4.70. The number of benzene rings is 1. The summed E-state index contributed by atoms with van der Waals surface area (Å²) in [5.41, 5.74) is 1.71. The predicted molar refractivity (Wildman–Crippen MR) is 78.4 cm³/mol. The number of aromatic carboxylic acids is 1. The zero-order valence-corrected chi connectivity index (χ0v) is 11.3. The van der Waals surface area contributed by atoms with Crippen LogP contribution in [0.25, 0.3) is 11.0 Å². The van der Waals surface area contributed by atoms with Crippen molar-refractivity contribution in [2.24, 2.45) is 0 Å². The fraction of sp³-hybridized carbons (Fsp3) is 0.214. The fourth-order valence-corrected chi connectivity index (χ4v) is 2.11. The van der Waals surface area contributed by atoms with Crippen LogP contribution in [0.5, 0.6) is 0 Å². The Labute approximate surface area is 120 Å². The molecule has 0 atom stereocenters. The smallest absolute Gasteiger partial charge is 0.335 e. The van der Waals surface area contributed by atoms with E-state index in [1.54, 1.807) is 30.7 Å². The third-order valence-electron chi connectivity index (χ3n) is 3.17. The van der Waals surface area contributed by atoms with Crippen LogP contribution in [0.15, 0.2) is 36.9 Å². The molecule has 21 heavy (non-hydrogen) atoms. The van der Waals surface area contributed by atoms with Crippen molar-refractivity contribution >= 4 is 23.0 Å². The number of H-pyrrole nitrogens is 1. The Bertz CT molecular complexity index is 748. The molecule has 0 saturated carbocycles. The third kappa shape index (κ3) is 3.02. The normalized spacial score (nSPS) is 10.9. The molecule has 108 valence electrons. The topological polar surface area (TPSA) is 95.8 Å². The van der Waals surface area contributed by atoms with E-state index in [4.69, 9.17) is 5.11 Å². The summed E-state index contributed by atoms with van der Waals surface area (Å²) >= 11 is 0. The van der Waals surface area contributed by atoms with E-state index in [2.05, 4.69) is 20.3 Å². The highest BCUT2D eigenvalue weighted by Crippen LogP contribution is 2.16. The molecule has 0 aliphatic heterocycles. The maximum absolute atomic E-state index is 10.9. The van der Waals surface area contributed by atoms with Gasteiger partial charge in [-0.15, -0.1) is 0 Å². The Hall–Kier alpha value is -2.83. The van der Waals surface area contributed by atoms with E-state index >= 15 is 0 Å². The molecule has 0 spiro atoms. The van der Waals surface area contributed by atoms with Crippen LogP contribution >= 0.6 is 0 Å². The van der Waals surface area contributed by atoms with Crippen molar-refractivity contribution in [3.05, 3.63) is 42.5 Å². The van der Waals surface area contributed by atoms with Crippen LogP contribution in [0.4, 0.5) is 5.95 Å². The van der Waals surface area contributed by atoms with Crippen molar-refractivity contribution in [1.82, 2.24) is 19.5 Å². The van der Waals surface area contributed by atoms with Gasteiger partial charge in [0, 0.05) is 25.5 Å². The minimum atomic E-state index is -0.943. The number of aryl methyl sites for hydroxylation is 1. The zero-order chi connectivity index (χ0) is 14.7. The van der Waals surface area contributed by atoms with Gasteiger partial charge >= 0.3 is 5.97 Å². The van der Waals surface area contributed by atoms with Gasteiger partial charge in [0.05, 0.1) is 22.9 Å². The predicted octanol–water partition coefficient (Wildman–Crippen LogP) is 1.96.